The zero-order chi connectivity index (χ0) is 18.8. The van der Waals surface area contributed by atoms with Crippen molar-refractivity contribution in [3.8, 4) is 0 Å². The number of furan rings is 1. The largest absolute Gasteiger partial charge is 0.459 e. The minimum atomic E-state index is -0.416. The Morgan fingerprint density at radius 2 is 2.07 bits per heavy atom. The van der Waals surface area contributed by atoms with Crippen molar-refractivity contribution >= 4 is 34.2 Å². The lowest BCUT2D eigenvalue weighted by Gasteiger charge is -2.13. The zero-order valence-corrected chi connectivity index (χ0v) is 15.9. The lowest BCUT2D eigenvalue weighted by molar-refractivity contribution is -0.125. The van der Waals surface area contributed by atoms with E-state index in [1.54, 1.807) is 11.3 Å². The molecule has 4 rings (SSSR count). The van der Waals surface area contributed by atoms with Crippen LogP contribution in [0.2, 0.25) is 0 Å². The van der Waals surface area contributed by atoms with E-state index in [0.717, 1.165) is 35.8 Å². The van der Waals surface area contributed by atoms with Crippen molar-refractivity contribution in [2.24, 2.45) is 0 Å². The summed E-state index contributed by atoms with van der Waals surface area (Å²) < 4.78 is 11.0. The van der Waals surface area contributed by atoms with Gasteiger partial charge in [0, 0.05) is 15.6 Å². The van der Waals surface area contributed by atoms with Crippen molar-refractivity contribution in [1.29, 1.82) is 0 Å². The Balaban J connectivity index is 1.34. The van der Waals surface area contributed by atoms with Crippen molar-refractivity contribution in [2.45, 2.75) is 38.6 Å². The number of fused-ring (bicyclic) bond motifs is 2. The standard InChI is InChI=1S/C21H21NO4S/c1-13(18-10-14-6-2-4-8-17(14)26-18)22-20(23)11-25-21(24)16-12-27-19-9-5-3-7-15(16)19/h2,4,6,8,10,12-13H,3,5,7,9,11H2,1H3,(H,22,23)/t13-/m1/s1. The van der Waals surface area contributed by atoms with Gasteiger partial charge in [0.05, 0.1) is 11.6 Å². The number of esters is 1. The Bertz CT molecular complexity index is 954. The molecule has 0 fully saturated rings. The molecule has 3 aromatic rings. The van der Waals surface area contributed by atoms with Crippen LogP contribution in [0.3, 0.4) is 0 Å². The minimum Gasteiger partial charge on any atom is -0.459 e. The van der Waals surface area contributed by atoms with Gasteiger partial charge in [-0.3, -0.25) is 4.79 Å². The first-order chi connectivity index (χ1) is 13.1. The molecule has 0 radical (unpaired) electrons. The first kappa shape index (κ1) is 17.8. The molecular formula is C21H21NO4S. The first-order valence-electron chi connectivity index (χ1n) is 9.16. The molecule has 1 N–H and O–H groups in total. The monoisotopic (exact) mass is 383 g/mol. The van der Waals surface area contributed by atoms with Gasteiger partial charge in [0.2, 0.25) is 0 Å². The summed E-state index contributed by atoms with van der Waals surface area (Å²) in [6.45, 7) is 1.54. The van der Waals surface area contributed by atoms with E-state index in [1.807, 2.05) is 42.6 Å². The highest BCUT2D eigenvalue weighted by atomic mass is 32.1. The molecular weight excluding hydrogens is 362 g/mol. The van der Waals surface area contributed by atoms with E-state index in [4.69, 9.17) is 9.15 Å². The Morgan fingerprint density at radius 1 is 1.26 bits per heavy atom. The summed E-state index contributed by atoms with van der Waals surface area (Å²) in [5.74, 6) is -0.0934. The van der Waals surface area contributed by atoms with Crippen molar-refractivity contribution in [2.75, 3.05) is 6.61 Å². The highest BCUT2D eigenvalue weighted by molar-refractivity contribution is 7.10. The van der Waals surface area contributed by atoms with Crippen LogP contribution in [0.5, 0.6) is 0 Å². The minimum absolute atomic E-state index is 0.298. The molecule has 140 valence electrons. The van der Waals surface area contributed by atoms with Crippen molar-refractivity contribution < 1.29 is 18.7 Å². The van der Waals surface area contributed by atoms with Gasteiger partial charge in [0.15, 0.2) is 6.61 Å². The molecule has 0 unspecified atom stereocenters. The van der Waals surface area contributed by atoms with Crippen LogP contribution in [0.1, 0.15) is 52.4 Å². The number of aryl methyl sites for hydroxylation is 1. The van der Waals surface area contributed by atoms with E-state index in [9.17, 15) is 9.59 Å². The van der Waals surface area contributed by atoms with E-state index >= 15 is 0 Å². The number of nitrogens with one attached hydrogen (secondary N) is 1. The van der Waals surface area contributed by atoms with Crippen molar-refractivity contribution in [3.05, 3.63) is 57.5 Å². The van der Waals surface area contributed by atoms with Crippen LogP contribution in [0.15, 0.2) is 40.1 Å². The third-order valence-electron chi connectivity index (χ3n) is 4.86. The normalized spacial score (nSPS) is 14.6. The van der Waals surface area contributed by atoms with Crippen LogP contribution in [0.4, 0.5) is 0 Å². The number of carbonyl (C=O) groups excluding carboxylic acids is 2. The fraction of sp³-hybridized carbons (Fsp3) is 0.333. The van der Waals surface area contributed by atoms with Gasteiger partial charge in [-0.15, -0.1) is 11.3 Å². The van der Waals surface area contributed by atoms with Crippen LogP contribution in [0, 0.1) is 0 Å². The number of hydrogen-bond acceptors (Lipinski definition) is 5. The average Bonchev–Trinajstić information content (AvgIpc) is 3.30. The number of thiophene rings is 1. The third kappa shape index (κ3) is 3.76. The number of carbonyl (C=O) groups is 2. The SMILES string of the molecule is C[C@@H](NC(=O)COC(=O)c1csc2c1CCCC2)c1cc2ccccc2o1. The summed E-state index contributed by atoms with van der Waals surface area (Å²) in [5.41, 5.74) is 2.50. The Hall–Kier alpha value is -2.60. The summed E-state index contributed by atoms with van der Waals surface area (Å²) in [6.07, 6.45) is 4.21. The van der Waals surface area contributed by atoms with Gasteiger partial charge >= 0.3 is 5.97 Å². The molecule has 1 aliphatic carbocycles. The first-order valence-corrected chi connectivity index (χ1v) is 10.0. The molecule has 2 aromatic heterocycles. The maximum Gasteiger partial charge on any atom is 0.339 e. The summed E-state index contributed by atoms with van der Waals surface area (Å²) in [5, 5.41) is 5.66. The lowest BCUT2D eigenvalue weighted by atomic mass is 9.96. The second kappa shape index (κ2) is 7.56. The van der Waals surface area contributed by atoms with Crippen molar-refractivity contribution in [3.63, 3.8) is 0 Å². The van der Waals surface area contributed by atoms with Crippen LogP contribution in [0.25, 0.3) is 11.0 Å². The van der Waals surface area contributed by atoms with E-state index in [2.05, 4.69) is 5.32 Å². The van der Waals surface area contributed by atoms with Crippen LogP contribution < -0.4 is 5.32 Å². The molecule has 0 bridgehead atoms. The number of rotatable bonds is 5. The predicted molar refractivity (Wildman–Crippen MR) is 104 cm³/mol. The second-order valence-corrected chi connectivity index (χ2v) is 7.77. The van der Waals surface area contributed by atoms with Gasteiger partial charge in [-0.25, -0.2) is 4.79 Å². The zero-order valence-electron chi connectivity index (χ0n) is 15.1. The molecule has 0 saturated heterocycles. The Morgan fingerprint density at radius 3 is 2.93 bits per heavy atom. The maximum absolute atomic E-state index is 12.3. The molecule has 0 saturated carbocycles. The molecule has 0 aliphatic heterocycles. The second-order valence-electron chi connectivity index (χ2n) is 6.81. The van der Waals surface area contributed by atoms with Crippen LogP contribution in [-0.2, 0) is 22.4 Å². The number of para-hydroxylation sites is 1. The molecule has 0 spiro atoms. The topological polar surface area (TPSA) is 68.5 Å². The summed E-state index contributed by atoms with van der Waals surface area (Å²) in [7, 11) is 0. The molecule has 1 amide bonds. The quantitative estimate of drug-likeness (QED) is 0.663. The predicted octanol–water partition coefficient (Wildman–Crippen LogP) is 4.41. The van der Waals surface area contributed by atoms with Crippen molar-refractivity contribution in [1.82, 2.24) is 5.32 Å². The van der Waals surface area contributed by atoms with E-state index in [1.165, 1.54) is 11.3 Å². The molecule has 1 aromatic carbocycles. The van der Waals surface area contributed by atoms with Gasteiger partial charge in [0.1, 0.15) is 11.3 Å². The summed E-state index contributed by atoms with van der Waals surface area (Å²) >= 11 is 1.61. The Labute approximate surface area is 161 Å². The third-order valence-corrected chi connectivity index (χ3v) is 5.95. The van der Waals surface area contributed by atoms with Gasteiger partial charge in [-0.1, -0.05) is 18.2 Å². The van der Waals surface area contributed by atoms with Gasteiger partial charge < -0.3 is 14.5 Å². The molecule has 5 nitrogen and oxygen atoms in total. The van der Waals surface area contributed by atoms with E-state index in [0.29, 0.717) is 11.3 Å². The van der Waals surface area contributed by atoms with E-state index < -0.39 is 5.97 Å². The highest BCUT2D eigenvalue weighted by Crippen LogP contribution is 2.30. The maximum atomic E-state index is 12.3. The fourth-order valence-electron chi connectivity index (χ4n) is 3.44. The number of hydrogen-bond donors (Lipinski definition) is 1. The van der Waals surface area contributed by atoms with Crippen LogP contribution >= 0.6 is 11.3 Å². The van der Waals surface area contributed by atoms with Crippen LogP contribution in [-0.4, -0.2) is 18.5 Å². The smallest absolute Gasteiger partial charge is 0.339 e. The molecule has 1 atom stereocenters. The summed E-state index contributed by atoms with van der Waals surface area (Å²) in [6, 6.07) is 9.29. The molecule has 1 aliphatic rings. The Kier molecular flexibility index (Phi) is 4.99. The molecule has 27 heavy (non-hydrogen) atoms. The lowest BCUT2D eigenvalue weighted by Crippen LogP contribution is -2.31. The number of benzene rings is 1. The van der Waals surface area contributed by atoms with E-state index in [-0.39, 0.29) is 18.6 Å². The molecule has 6 heteroatoms. The molecule has 2 heterocycles. The number of amides is 1. The van der Waals surface area contributed by atoms with Gasteiger partial charge in [-0.05, 0) is 50.3 Å². The average molecular weight is 383 g/mol. The summed E-state index contributed by atoms with van der Waals surface area (Å²) in [4.78, 5) is 25.8. The van der Waals surface area contributed by atoms with Gasteiger partial charge in [0.25, 0.3) is 5.91 Å². The fourth-order valence-corrected chi connectivity index (χ4v) is 4.56. The highest BCUT2D eigenvalue weighted by Gasteiger charge is 2.22. The van der Waals surface area contributed by atoms with Gasteiger partial charge in [-0.2, -0.15) is 0 Å². The number of ether oxygens (including phenoxy) is 1.